The fourth-order valence-corrected chi connectivity index (χ4v) is 3.38. The summed E-state index contributed by atoms with van der Waals surface area (Å²) in [4.78, 5) is 17.2. The van der Waals surface area contributed by atoms with Crippen molar-refractivity contribution in [2.45, 2.75) is 26.8 Å². The number of hydrogen-bond acceptors (Lipinski definition) is 5. The van der Waals surface area contributed by atoms with Crippen LogP contribution >= 0.6 is 0 Å². The van der Waals surface area contributed by atoms with Gasteiger partial charge in [0.1, 0.15) is 5.75 Å². The van der Waals surface area contributed by atoms with Crippen LogP contribution in [0.5, 0.6) is 5.75 Å². The zero-order valence-corrected chi connectivity index (χ0v) is 15.9. The largest absolute Gasteiger partial charge is 0.508 e. The van der Waals surface area contributed by atoms with E-state index in [0.29, 0.717) is 0 Å². The second-order valence-electron chi connectivity index (χ2n) is 6.87. The standard InChI is InChI=1S/C19H27N5O2/c1-13-18(14(2)22(4)21-13)20-19(26)15(3)23-9-11-24(12-10-23)16-5-7-17(25)8-6-16/h5-8,15,25H,9-12H2,1-4H3,(H,20,26)/t15-/m1/s1. The summed E-state index contributed by atoms with van der Waals surface area (Å²) in [6.45, 7) is 9.16. The van der Waals surface area contributed by atoms with E-state index >= 15 is 0 Å². The van der Waals surface area contributed by atoms with Crippen molar-refractivity contribution < 1.29 is 9.90 Å². The lowest BCUT2D eigenvalue weighted by molar-refractivity contribution is -0.120. The van der Waals surface area contributed by atoms with Gasteiger partial charge in [-0.3, -0.25) is 14.4 Å². The van der Waals surface area contributed by atoms with Crippen LogP contribution in [0.2, 0.25) is 0 Å². The maximum Gasteiger partial charge on any atom is 0.241 e. The Morgan fingerprint density at radius 2 is 1.77 bits per heavy atom. The number of rotatable bonds is 4. The number of carbonyl (C=O) groups excluding carboxylic acids is 1. The van der Waals surface area contributed by atoms with E-state index in [1.807, 2.05) is 40.0 Å². The molecule has 0 aliphatic carbocycles. The van der Waals surface area contributed by atoms with Crippen LogP contribution in [-0.4, -0.2) is 57.9 Å². The minimum Gasteiger partial charge on any atom is -0.508 e. The van der Waals surface area contributed by atoms with Crippen LogP contribution in [0.4, 0.5) is 11.4 Å². The number of anilines is 2. The number of aromatic hydroxyl groups is 1. The molecule has 0 bridgehead atoms. The summed E-state index contributed by atoms with van der Waals surface area (Å²) in [5, 5.41) is 16.8. The Bertz CT molecular complexity index is 776. The molecule has 1 fully saturated rings. The molecule has 3 rings (SSSR count). The minimum atomic E-state index is -0.198. The predicted molar refractivity (Wildman–Crippen MR) is 103 cm³/mol. The summed E-state index contributed by atoms with van der Waals surface area (Å²) in [7, 11) is 1.88. The number of aryl methyl sites for hydroxylation is 2. The highest BCUT2D eigenvalue weighted by molar-refractivity contribution is 5.95. The highest BCUT2D eigenvalue weighted by Gasteiger charge is 2.26. The lowest BCUT2D eigenvalue weighted by Crippen LogP contribution is -2.52. The Hall–Kier alpha value is -2.54. The molecule has 2 N–H and O–H groups in total. The van der Waals surface area contributed by atoms with E-state index < -0.39 is 0 Å². The molecule has 2 heterocycles. The first kappa shape index (κ1) is 18.3. The molecule has 140 valence electrons. The van der Waals surface area contributed by atoms with Gasteiger partial charge in [0.15, 0.2) is 0 Å². The van der Waals surface area contributed by atoms with E-state index in [9.17, 15) is 9.90 Å². The molecule has 1 aromatic carbocycles. The molecule has 7 nitrogen and oxygen atoms in total. The average molecular weight is 357 g/mol. The number of nitrogens with one attached hydrogen (secondary N) is 1. The van der Waals surface area contributed by atoms with Gasteiger partial charge >= 0.3 is 0 Å². The van der Waals surface area contributed by atoms with Crippen molar-refractivity contribution >= 4 is 17.3 Å². The zero-order valence-electron chi connectivity index (χ0n) is 15.9. The van der Waals surface area contributed by atoms with E-state index in [-0.39, 0.29) is 17.7 Å². The third kappa shape index (κ3) is 3.67. The summed E-state index contributed by atoms with van der Waals surface area (Å²) in [6.07, 6.45) is 0. The summed E-state index contributed by atoms with van der Waals surface area (Å²) in [5.74, 6) is 0.279. The molecule has 7 heteroatoms. The van der Waals surface area contributed by atoms with Crippen LogP contribution in [0.3, 0.4) is 0 Å². The van der Waals surface area contributed by atoms with Gasteiger partial charge in [0.25, 0.3) is 0 Å². The third-order valence-corrected chi connectivity index (χ3v) is 5.21. The number of carbonyl (C=O) groups is 1. The summed E-state index contributed by atoms with van der Waals surface area (Å²) < 4.78 is 1.78. The van der Waals surface area contributed by atoms with Gasteiger partial charge in [0.05, 0.1) is 23.1 Å². The molecule has 0 radical (unpaired) electrons. The van der Waals surface area contributed by atoms with Crippen molar-refractivity contribution in [2.24, 2.45) is 7.05 Å². The molecule has 1 aliphatic heterocycles. The number of benzene rings is 1. The second-order valence-corrected chi connectivity index (χ2v) is 6.87. The van der Waals surface area contributed by atoms with Gasteiger partial charge < -0.3 is 15.3 Å². The fourth-order valence-electron chi connectivity index (χ4n) is 3.38. The van der Waals surface area contributed by atoms with E-state index in [1.54, 1.807) is 16.8 Å². The first-order chi connectivity index (χ1) is 12.4. The number of aromatic nitrogens is 2. The number of phenols is 1. The fraction of sp³-hybridized carbons (Fsp3) is 0.474. The summed E-state index contributed by atoms with van der Waals surface area (Å²) >= 11 is 0. The van der Waals surface area contributed by atoms with Gasteiger partial charge in [-0.15, -0.1) is 0 Å². The lowest BCUT2D eigenvalue weighted by Gasteiger charge is -2.38. The number of hydrogen-bond donors (Lipinski definition) is 2. The van der Waals surface area contributed by atoms with Crippen LogP contribution in [0.15, 0.2) is 24.3 Å². The van der Waals surface area contributed by atoms with E-state index in [4.69, 9.17) is 0 Å². The number of phenolic OH excluding ortho intramolecular Hbond substituents is 1. The molecule has 0 unspecified atom stereocenters. The lowest BCUT2D eigenvalue weighted by atomic mass is 10.2. The molecular weight excluding hydrogens is 330 g/mol. The smallest absolute Gasteiger partial charge is 0.241 e. The topological polar surface area (TPSA) is 73.6 Å². The Morgan fingerprint density at radius 1 is 1.15 bits per heavy atom. The quantitative estimate of drug-likeness (QED) is 0.874. The summed E-state index contributed by atoms with van der Waals surface area (Å²) in [6, 6.07) is 7.06. The molecule has 1 amide bonds. The zero-order chi connectivity index (χ0) is 18.8. The first-order valence-electron chi connectivity index (χ1n) is 8.96. The van der Waals surface area contributed by atoms with Crippen LogP contribution in [0, 0.1) is 13.8 Å². The molecule has 2 aromatic rings. The number of amides is 1. The van der Waals surface area contributed by atoms with Crippen LogP contribution < -0.4 is 10.2 Å². The van der Waals surface area contributed by atoms with Crippen molar-refractivity contribution in [3.05, 3.63) is 35.7 Å². The van der Waals surface area contributed by atoms with Crippen molar-refractivity contribution in [3.8, 4) is 5.75 Å². The maximum absolute atomic E-state index is 12.7. The molecule has 1 aromatic heterocycles. The van der Waals surface area contributed by atoms with E-state index in [1.165, 1.54) is 0 Å². The molecule has 1 saturated heterocycles. The molecule has 1 atom stereocenters. The Kier molecular flexibility index (Phi) is 5.18. The highest BCUT2D eigenvalue weighted by atomic mass is 16.3. The average Bonchev–Trinajstić information content (AvgIpc) is 2.88. The highest BCUT2D eigenvalue weighted by Crippen LogP contribution is 2.22. The molecular formula is C19H27N5O2. The monoisotopic (exact) mass is 357 g/mol. The molecule has 0 saturated carbocycles. The van der Waals surface area contributed by atoms with Crippen LogP contribution in [0.1, 0.15) is 18.3 Å². The van der Waals surface area contributed by atoms with E-state index in [0.717, 1.165) is 48.9 Å². The SMILES string of the molecule is Cc1nn(C)c(C)c1NC(=O)[C@@H](C)N1CCN(c2ccc(O)cc2)CC1. The van der Waals surface area contributed by atoms with Crippen molar-refractivity contribution in [1.29, 1.82) is 0 Å². The normalized spacial score (nSPS) is 16.5. The second kappa shape index (κ2) is 7.37. The van der Waals surface area contributed by atoms with Crippen molar-refractivity contribution in [2.75, 3.05) is 36.4 Å². The Labute approximate surface area is 154 Å². The van der Waals surface area contributed by atoms with Gasteiger partial charge in [0, 0.05) is 38.9 Å². The van der Waals surface area contributed by atoms with Gasteiger partial charge in [-0.05, 0) is 45.0 Å². The molecule has 1 aliphatic rings. The van der Waals surface area contributed by atoms with Gasteiger partial charge in [-0.1, -0.05) is 0 Å². The summed E-state index contributed by atoms with van der Waals surface area (Å²) in [5.41, 5.74) is 3.70. The first-order valence-corrected chi connectivity index (χ1v) is 8.96. The maximum atomic E-state index is 12.7. The van der Waals surface area contributed by atoms with Crippen molar-refractivity contribution in [1.82, 2.24) is 14.7 Å². The van der Waals surface area contributed by atoms with Crippen LogP contribution in [0.25, 0.3) is 0 Å². The molecule has 26 heavy (non-hydrogen) atoms. The third-order valence-electron chi connectivity index (χ3n) is 5.21. The molecule has 0 spiro atoms. The van der Waals surface area contributed by atoms with Crippen LogP contribution in [-0.2, 0) is 11.8 Å². The van der Waals surface area contributed by atoms with Gasteiger partial charge in [0.2, 0.25) is 5.91 Å². The number of nitrogens with zero attached hydrogens (tertiary/aromatic N) is 4. The van der Waals surface area contributed by atoms with E-state index in [2.05, 4.69) is 20.2 Å². The Balaban J connectivity index is 1.58. The van der Waals surface area contributed by atoms with Gasteiger partial charge in [-0.25, -0.2) is 0 Å². The van der Waals surface area contributed by atoms with Crippen molar-refractivity contribution in [3.63, 3.8) is 0 Å². The number of piperazine rings is 1. The predicted octanol–water partition coefficient (Wildman–Crippen LogP) is 1.89. The van der Waals surface area contributed by atoms with Gasteiger partial charge in [-0.2, -0.15) is 5.10 Å². The Morgan fingerprint density at radius 3 is 2.31 bits per heavy atom. The minimum absolute atomic E-state index is 0.00211.